The van der Waals surface area contributed by atoms with E-state index in [1.54, 1.807) is 6.92 Å². The summed E-state index contributed by atoms with van der Waals surface area (Å²) < 4.78 is 0. The molecule has 0 aliphatic carbocycles. The highest BCUT2D eigenvalue weighted by molar-refractivity contribution is 5.94. The van der Waals surface area contributed by atoms with Gasteiger partial charge in [0.05, 0.1) is 0 Å². The van der Waals surface area contributed by atoms with Crippen molar-refractivity contribution in [2.75, 3.05) is 0 Å². The first-order chi connectivity index (χ1) is 8.58. The van der Waals surface area contributed by atoms with Crippen molar-refractivity contribution < 1.29 is 4.79 Å². The van der Waals surface area contributed by atoms with Gasteiger partial charge in [-0.1, -0.05) is 61.0 Å². The maximum absolute atomic E-state index is 11.2. The zero-order valence-electron chi connectivity index (χ0n) is 11.1. The van der Waals surface area contributed by atoms with E-state index in [1.165, 1.54) is 16.7 Å². The Kier molecular flexibility index (Phi) is 3.61. The molecule has 1 unspecified atom stereocenters. The van der Waals surface area contributed by atoms with E-state index in [0.717, 1.165) is 5.56 Å². The van der Waals surface area contributed by atoms with Crippen LogP contribution in [0.4, 0.5) is 0 Å². The highest BCUT2D eigenvalue weighted by Crippen LogP contribution is 2.24. The van der Waals surface area contributed by atoms with Gasteiger partial charge in [-0.15, -0.1) is 0 Å². The zero-order chi connectivity index (χ0) is 13.1. The van der Waals surface area contributed by atoms with E-state index in [4.69, 9.17) is 0 Å². The minimum atomic E-state index is 0.115. The van der Waals surface area contributed by atoms with Gasteiger partial charge in [0.15, 0.2) is 5.78 Å². The number of hydrogen-bond donors (Lipinski definition) is 0. The molecule has 0 aliphatic heterocycles. The predicted molar refractivity (Wildman–Crippen MR) is 75.1 cm³/mol. The summed E-state index contributed by atoms with van der Waals surface area (Å²) in [5.41, 5.74) is 4.59. The molecule has 18 heavy (non-hydrogen) atoms. The summed E-state index contributed by atoms with van der Waals surface area (Å²) in [6, 6.07) is 16.5. The van der Waals surface area contributed by atoms with Crippen molar-refractivity contribution in [1.29, 1.82) is 0 Å². The number of benzene rings is 2. The Morgan fingerprint density at radius 2 is 1.33 bits per heavy atom. The molecule has 2 aromatic carbocycles. The van der Waals surface area contributed by atoms with Crippen molar-refractivity contribution in [3.05, 3.63) is 70.8 Å². The van der Waals surface area contributed by atoms with Crippen molar-refractivity contribution in [3.63, 3.8) is 0 Å². The fourth-order valence-electron chi connectivity index (χ4n) is 2.05. The number of aryl methyl sites for hydroxylation is 1. The van der Waals surface area contributed by atoms with Gasteiger partial charge in [0.25, 0.3) is 0 Å². The van der Waals surface area contributed by atoms with Crippen molar-refractivity contribution in [3.8, 4) is 0 Å². The summed E-state index contributed by atoms with van der Waals surface area (Å²) in [6.07, 6.45) is 0. The molecule has 0 aromatic heterocycles. The number of Topliss-reactive ketones (excluding diaryl/α,β-unsaturated/α-hetero) is 1. The molecule has 1 atom stereocenters. The molecule has 0 bridgehead atoms. The molecule has 0 saturated heterocycles. The smallest absolute Gasteiger partial charge is 0.159 e. The van der Waals surface area contributed by atoms with Gasteiger partial charge in [-0.3, -0.25) is 4.79 Å². The number of ketones is 1. The monoisotopic (exact) mass is 238 g/mol. The number of hydrogen-bond acceptors (Lipinski definition) is 1. The van der Waals surface area contributed by atoms with Gasteiger partial charge in [-0.05, 0) is 25.0 Å². The lowest BCUT2D eigenvalue weighted by Gasteiger charge is -2.13. The summed E-state index contributed by atoms with van der Waals surface area (Å²) in [6.45, 7) is 5.88. The van der Waals surface area contributed by atoms with E-state index in [9.17, 15) is 4.79 Å². The molecule has 0 radical (unpaired) electrons. The molecule has 0 saturated carbocycles. The minimum absolute atomic E-state index is 0.115. The van der Waals surface area contributed by atoms with E-state index in [1.807, 2.05) is 24.3 Å². The maximum atomic E-state index is 11.2. The van der Waals surface area contributed by atoms with Gasteiger partial charge >= 0.3 is 0 Å². The van der Waals surface area contributed by atoms with E-state index in [-0.39, 0.29) is 5.78 Å². The third kappa shape index (κ3) is 2.67. The van der Waals surface area contributed by atoms with Gasteiger partial charge in [0.2, 0.25) is 0 Å². The molecule has 0 amide bonds. The summed E-state index contributed by atoms with van der Waals surface area (Å²) >= 11 is 0. The first-order valence-electron chi connectivity index (χ1n) is 6.25. The fraction of sp³-hybridized carbons (Fsp3) is 0.235. The van der Waals surface area contributed by atoms with E-state index in [2.05, 4.69) is 38.1 Å². The topological polar surface area (TPSA) is 17.1 Å². The molecule has 92 valence electrons. The molecule has 0 heterocycles. The Hall–Kier alpha value is -1.89. The molecular formula is C17H18O. The zero-order valence-corrected chi connectivity index (χ0v) is 11.1. The SMILES string of the molecule is CC(=O)c1ccc(C(C)c2ccc(C)cc2)cc1. The van der Waals surface area contributed by atoms with Crippen LogP contribution in [0.25, 0.3) is 0 Å². The van der Waals surface area contributed by atoms with Crippen LogP contribution in [0.3, 0.4) is 0 Å². The third-order valence-electron chi connectivity index (χ3n) is 3.39. The largest absolute Gasteiger partial charge is 0.295 e. The molecule has 0 aliphatic rings. The number of rotatable bonds is 3. The summed E-state index contributed by atoms with van der Waals surface area (Å²) in [4.78, 5) is 11.2. The summed E-state index contributed by atoms with van der Waals surface area (Å²) in [7, 11) is 0. The lowest BCUT2D eigenvalue weighted by atomic mass is 9.92. The molecular weight excluding hydrogens is 220 g/mol. The van der Waals surface area contributed by atoms with E-state index < -0.39 is 0 Å². The van der Waals surface area contributed by atoms with Crippen molar-refractivity contribution >= 4 is 5.78 Å². The van der Waals surface area contributed by atoms with Crippen LogP contribution in [0, 0.1) is 6.92 Å². The minimum Gasteiger partial charge on any atom is -0.295 e. The van der Waals surface area contributed by atoms with Gasteiger partial charge in [-0.2, -0.15) is 0 Å². The Bertz CT molecular complexity index is 535. The van der Waals surface area contributed by atoms with Gasteiger partial charge < -0.3 is 0 Å². The van der Waals surface area contributed by atoms with Crippen molar-refractivity contribution in [1.82, 2.24) is 0 Å². The lowest BCUT2D eigenvalue weighted by molar-refractivity contribution is 0.101. The highest BCUT2D eigenvalue weighted by atomic mass is 16.1. The fourth-order valence-corrected chi connectivity index (χ4v) is 2.05. The standard InChI is InChI=1S/C17H18O/c1-12-4-6-15(7-5-12)13(2)16-8-10-17(11-9-16)14(3)18/h4-11,13H,1-3H3. The van der Waals surface area contributed by atoms with Crippen LogP contribution in [0.2, 0.25) is 0 Å². The van der Waals surface area contributed by atoms with Gasteiger partial charge in [0.1, 0.15) is 0 Å². The summed E-state index contributed by atoms with van der Waals surface area (Å²) in [5.74, 6) is 0.469. The highest BCUT2D eigenvalue weighted by Gasteiger charge is 2.08. The Morgan fingerprint density at radius 1 is 0.889 bits per heavy atom. The van der Waals surface area contributed by atoms with Crippen LogP contribution in [-0.2, 0) is 0 Å². The molecule has 1 nitrogen and oxygen atoms in total. The lowest BCUT2D eigenvalue weighted by Crippen LogP contribution is -1.98. The molecule has 2 rings (SSSR count). The maximum Gasteiger partial charge on any atom is 0.159 e. The van der Waals surface area contributed by atoms with Crippen LogP contribution >= 0.6 is 0 Å². The predicted octanol–water partition coefficient (Wildman–Crippen LogP) is 4.35. The molecule has 0 N–H and O–H groups in total. The van der Waals surface area contributed by atoms with Crippen LogP contribution in [0.1, 0.15) is 46.8 Å². The normalized spacial score (nSPS) is 12.2. The average molecular weight is 238 g/mol. The first-order valence-corrected chi connectivity index (χ1v) is 6.25. The van der Waals surface area contributed by atoms with Crippen LogP contribution in [0.5, 0.6) is 0 Å². The van der Waals surface area contributed by atoms with E-state index >= 15 is 0 Å². The van der Waals surface area contributed by atoms with Gasteiger partial charge in [-0.25, -0.2) is 0 Å². The second-order valence-electron chi connectivity index (χ2n) is 4.81. The van der Waals surface area contributed by atoms with Crippen LogP contribution in [-0.4, -0.2) is 5.78 Å². The third-order valence-corrected chi connectivity index (χ3v) is 3.39. The van der Waals surface area contributed by atoms with Crippen molar-refractivity contribution in [2.24, 2.45) is 0 Å². The first kappa shape index (κ1) is 12.6. The quantitative estimate of drug-likeness (QED) is 0.726. The Balaban J connectivity index is 2.25. The number of carbonyl (C=O) groups excluding carboxylic acids is 1. The van der Waals surface area contributed by atoms with Crippen LogP contribution in [0.15, 0.2) is 48.5 Å². The Labute approximate surface area is 108 Å². The second kappa shape index (κ2) is 5.18. The molecule has 0 fully saturated rings. The van der Waals surface area contributed by atoms with Crippen LogP contribution < -0.4 is 0 Å². The number of carbonyl (C=O) groups is 1. The second-order valence-corrected chi connectivity index (χ2v) is 4.81. The Morgan fingerprint density at radius 3 is 1.78 bits per heavy atom. The van der Waals surface area contributed by atoms with E-state index in [0.29, 0.717) is 5.92 Å². The van der Waals surface area contributed by atoms with Crippen molar-refractivity contribution in [2.45, 2.75) is 26.7 Å². The summed E-state index contributed by atoms with van der Waals surface area (Å²) in [5, 5.41) is 0. The molecule has 0 spiro atoms. The molecule has 1 heteroatoms. The average Bonchev–Trinajstić information content (AvgIpc) is 2.39. The van der Waals surface area contributed by atoms with Gasteiger partial charge in [0, 0.05) is 11.5 Å². The molecule has 2 aromatic rings.